The van der Waals surface area contributed by atoms with Gasteiger partial charge in [0.1, 0.15) is 0 Å². The summed E-state index contributed by atoms with van der Waals surface area (Å²) >= 11 is 0. The molecule has 1 heterocycles. The highest BCUT2D eigenvalue weighted by molar-refractivity contribution is 5.79. The number of benzene rings is 1. The van der Waals surface area contributed by atoms with Crippen molar-refractivity contribution in [1.82, 2.24) is 10.6 Å². The third-order valence-electron chi connectivity index (χ3n) is 4.55. The summed E-state index contributed by atoms with van der Waals surface area (Å²) in [7, 11) is 0. The minimum atomic E-state index is 0.371. The van der Waals surface area contributed by atoms with Gasteiger partial charge in [0.05, 0.1) is 26.4 Å². The summed E-state index contributed by atoms with van der Waals surface area (Å²) in [5, 5.41) is 6.68. The van der Waals surface area contributed by atoms with Crippen LogP contribution in [-0.2, 0) is 20.8 Å². The van der Waals surface area contributed by atoms with E-state index >= 15 is 0 Å². The molecule has 0 radical (unpaired) electrons. The van der Waals surface area contributed by atoms with Gasteiger partial charge in [-0.1, -0.05) is 37.3 Å². The predicted octanol–water partition coefficient (Wildman–Crippen LogP) is 2.84. The standard InChI is InChI=1S/C22H37N3O3/c1-3-23-22(24-11-7-12-26-17-21-10-13-27-18-21)25-14-19(2)15-28-16-20-8-5-4-6-9-20/h4-6,8-9,19,21H,3,7,10-18H2,1-2H3,(H2,23,24,25). The Hall–Kier alpha value is -1.63. The number of hydrogen-bond acceptors (Lipinski definition) is 4. The zero-order valence-electron chi connectivity index (χ0n) is 17.5. The Kier molecular flexibility index (Phi) is 11.6. The van der Waals surface area contributed by atoms with E-state index in [1.807, 2.05) is 18.2 Å². The molecule has 0 aromatic heterocycles. The SMILES string of the molecule is CCNC(=NCC(C)COCc1ccccc1)NCCCOCC1CCOC1. The molecule has 0 saturated carbocycles. The molecule has 2 rings (SSSR count). The number of guanidine groups is 1. The van der Waals surface area contributed by atoms with Crippen molar-refractivity contribution in [3.05, 3.63) is 35.9 Å². The second kappa shape index (κ2) is 14.4. The number of hydrogen-bond donors (Lipinski definition) is 2. The van der Waals surface area contributed by atoms with Crippen molar-refractivity contribution >= 4 is 5.96 Å². The molecule has 0 spiro atoms. The summed E-state index contributed by atoms with van der Waals surface area (Å²) in [5.41, 5.74) is 1.20. The molecule has 1 aromatic carbocycles. The normalized spacial score (nSPS) is 18.2. The Balaban J connectivity index is 1.55. The van der Waals surface area contributed by atoms with Gasteiger partial charge in [0.15, 0.2) is 5.96 Å². The summed E-state index contributed by atoms with van der Waals surface area (Å²) in [5.74, 6) is 1.81. The first-order chi connectivity index (χ1) is 13.8. The van der Waals surface area contributed by atoms with E-state index in [4.69, 9.17) is 14.2 Å². The highest BCUT2D eigenvalue weighted by Crippen LogP contribution is 2.12. The maximum absolute atomic E-state index is 5.81. The third-order valence-corrected chi connectivity index (χ3v) is 4.55. The lowest BCUT2D eigenvalue weighted by Gasteiger charge is -2.14. The topological polar surface area (TPSA) is 64.1 Å². The van der Waals surface area contributed by atoms with Gasteiger partial charge in [-0.05, 0) is 31.2 Å². The van der Waals surface area contributed by atoms with Crippen LogP contribution in [0.1, 0.15) is 32.3 Å². The van der Waals surface area contributed by atoms with Crippen molar-refractivity contribution in [1.29, 1.82) is 0 Å². The van der Waals surface area contributed by atoms with Gasteiger partial charge in [0.2, 0.25) is 0 Å². The molecule has 1 aromatic rings. The molecule has 0 bridgehead atoms. The van der Waals surface area contributed by atoms with Crippen LogP contribution in [-0.4, -0.2) is 58.6 Å². The van der Waals surface area contributed by atoms with Gasteiger partial charge >= 0.3 is 0 Å². The number of nitrogens with one attached hydrogen (secondary N) is 2. The van der Waals surface area contributed by atoms with Gasteiger partial charge in [-0.3, -0.25) is 4.99 Å². The van der Waals surface area contributed by atoms with Crippen LogP contribution in [0.25, 0.3) is 0 Å². The molecule has 6 heteroatoms. The van der Waals surface area contributed by atoms with E-state index in [0.717, 1.165) is 64.9 Å². The molecule has 6 nitrogen and oxygen atoms in total. The van der Waals surface area contributed by atoms with Crippen molar-refractivity contribution in [3.8, 4) is 0 Å². The Bertz CT molecular complexity index is 533. The fourth-order valence-corrected chi connectivity index (χ4v) is 2.94. The molecule has 2 N–H and O–H groups in total. The van der Waals surface area contributed by atoms with Crippen molar-refractivity contribution in [3.63, 3.8) is 0 Å². The summed E-state index contributed by atoms with van der Waals surface area (Å²) in [4.78, 5) is 4.68. The molecule has 0 amide bonds. The zero-order chi connectivity index (χ0) is 19.9. The van der Waals surface area contributed by atoms with Crippen LogP contribution in [0.5, 0.6) is 0 Å². The molecule has 1 fully saturated rings. The van der Waals surface area contributed by atoms with Crippen LogP contribution in [0.3, 0.4) is 0 Å². The first kappa shape index (κ1) is 22.7. The van der Waals surface area contributed by atoms with E-state index in [9.17, 15) is 0 Å². The number of rotatable bonds is 13. The first-order valence-electron chi connectivity index (χ1n) is 10.6. The Morgan fingerprint density at radius 2 is 2.11 bits per heavy atom. The second-order valence-corrected chi connectivity index (χ2v) is 7.41. The van der Waals surface area contributed by atoms with Crippen molar-refractivity contribution in [2.45, 2.75) is 33.3 Å². The molecule has 2 unspecified atom stereocenters. The van der Waals surface area contributed by atoms with Gasteiger partial charge in [-0.25, -0.2) is 0 Å². The molecular formula is C22H37N3O3. The first-order valence-corrected chi connectivity index (χ1v) is 10.6. The Morgan fingerprint density at radius 1 is 1.25 bits per heavy atom. The monoisotopic (exact) mass is 391 g/mol. The molecular weight excluding hydrogens is 354 g/mol. The van der Waals surface area contributed by atoms with E-state index in [1.54, 1.807) is 0 Å². The Labute approximate surface area is 170 Å². The minimum absolute atomic E-state index is 0.371. The van der Waals surface area contributed by atoms with Crippen molar-refractivity contribution in [2.75, 3.05) is 52.7 Å². The zero-order valence-corrected chi connectivity index (χ0v) is 17.5. The lowest BCUT2D eigenvalue weighted by molar-refractivity contribution is 0.0888. The predicted molar refractivity (Wildman–Crippen MR) is 114 cm³/mol. The molecule has 1 aliphatic rings. The number of ether oxygens (including phenoxy) is 3. The highest BCUT2D eigenvalue weighted by Gasteiger charge is 2.15. The van der Waals surface area contributed by atoms with Crippen LogP contribution in [0.2, 0.25) is 0 Å². The summed E-state index contributed by atoms with van der Waals surface area (Å²) < 4.78 is 16.9. The van der Waals surface area contributed by atoms with Gasteiger partial charge in [0.25, 0.3) is 0 Å². The molecule has 1 saturated heterocycles. The fraction of sp³-hybridized carbons (Fsp3) is 0.682. The summed E-state index contributed by atoms with van der Waals surface area (Å²) in [6, 6.07) is 10.3. The largest absolute Gasteiger partial charge is 0.381 e. The van der Waals surface area contributed by atoms with Crippen LogP contribution in [0.4, 0.5) is 0 Å². The average molecular weight is 392 g/mol. The maximum atomic E-state index is 5.81. The van der Waals surface area contributed by atoms with Gasteiger partial charge in [-0.15, -0.1) is 0 Å². The quantitative estimate of drug-likeness (QED) is 0.308. The van der Waals surface area contributed by atoms with Gasteiger partial charge < -0.3 is 24.8 Å². The van der Waals surface area contributed by atoms with Crippen LogP contribution in [0.15, 0.2) is 35.3 Å². The smallest absolute Gasteiger partial charge is 0.191 e. The van der Waals surface area contributed by atoms with E-state index in [-0.39, 0.29) is 0 Å². The summed E-state index contributed by atoms with van der Waals surface area (Å²) in [6.45, 7) is 11.4. The van der Waals surface area contributed by atoms with E-state index in [2.05, 4.69) is 41.6 Å². The molecule has 0 aliphatic carbocycles. The van der Waals surface area contributed by atoms with E-state index in [1.165, 1.54) is 5.56 Å². The van der Waals surface area contributed by atoms with E-state index in [0.29, 0.717) is 25.0 Å². The van der Waals surface area contributed by atoms with Crippen molar-refractivity contribution < 1.29 is 14.2 Å². The van der Waals surface area contributed by atoms with Crippen LogP contribution >= 0.6 is 0 Å². The molecule has 28 heavy (non-hydrogen) atoms. The molecule has 2 atom stereocenters. The highest BCUT2D eigenvalue weighted by atomic mass is 16.5. The van der Waals surface area contributed by atoms with Gasteiger partial charge in [0, 0.05) is 38.8 Å². The molecule has 1 aliphatic heterocycles. The third kappa shape index (κ3) is 10.1. The van der Waals surface area contributed by atoms with E-state index < -0.39 is 0 Å². The second-order valence-electron chi connectivity index (χ2n) is 7.41. The molecule has 158 valence electrons. The van der Waals surface area contributed by atoms with Crippen LogP contribution in [0, 0.1) is 11.8 Å². The minimum Gasteiger partial charge on any atom is -0.381 e. The van der Waals surface area contributed by atoms with Crippen molar-refractivity contribution in [2.24, 2.45) is 16.8 Å². The summed E-state index contributed by atoms with van der Waals surface area (Å²) in [6.07, 6.45) is 2.09. The fourth-order valence-electron chi connectivity index (χ4n) is 2.94. The van der Waals surface area contributed by atoms with Gasteiger partial charge in [-0.2, -0.15) is 0 Å². The van der Waals surface area contributed by atoms with Crippen LogP contribution < -0.4 is 10.6 Å². The number of nitrogens with zero attached hydrogens (tertiary/aromatic N) is 1. The average Bonchev–Trinajstić information content (AvgIpc) is 3.23. The Morgan fingerprint density at radius 3 is 2.86 bits per heavy atom. The maximum Gasteiger partial charge on any atom is 0.191 e. The lowest BCUT2D eigenvalue weighted by atomic mass is 10.1. The number of aliphatic imine (C=N–C) groups is 1. The lowest BCUT2D eigenvalue weighted by Crippen LogP contribution is -2.38.